The van der Waals surface area contributed by atoms with Crippen molar-refractivity contribution in [2.75, 3.05) is 26.2 Å². The fourth-order valence-electron chi connectivity index (χ4n) is 2.55. The van der Waals surface area contributed by atoms with Crippen LogP contribution in [0.25, 0.3) is 0 Å². The molecule has 116 valence electrons. The molecule has 0 aromatic heterocycles. The van der Waals surface area contributed by atoms with Crippen LogP contribution in [0.1, 0.15) is 37.3 Å². The van der Waals surface area contributed by atoms with E-state index in [1.807, 2.05) is 18.2 Å². The molecule has 1 aliphatic rings. The van der Waals surface area contributed by atoms with Crippen molar-refractivity contribution in [1.82, 2.24) is 15.7 Å². The summed E-state index contributed by atoms with van der Waals surface area (Å²) in [4.78, 5) is 12.0. The number of carbonyl (C=O) groups is 1. The topological polar surface area (TPSA) is 64.6 Å². The molecule has 3 N–H and O–H groups in total. The molecular weight excluding hydrogens is 266 g/mol. The van der Waals surface area contributed by atoms with Crippen molar-refractivity contribution in [3.63, 3.8) is 0 Å². The summed E-state index contributed by atoms with van der Waals surface area (Å²) in [6, 6.07) is 10.1. The van der Waals surface area contributed by atoms with Gasteiger partial charge in [-0.2, -0.15) is 5.06 Å². The van der Waals surface area contributed by atoms with Gasteiger partial charge < -0.3 is 15.8 Å². The quantitative estimate of drug-likeness (QED) is 0.737. The second kappa shape index (κ2) is 8.77. The number of hydrogen-bond acceptors (Lipinski definition) is 4. The first-order chi connectivity index (χ1) is 10.3. The van der Waals surface area contributed by atoms with Crippen LogP contribution in [0, 0.1) is 0 Å². The van der Waals surface area contributed by atoms with E-state index in [4.69, 9.17) is 0 Å². The van der Waals surface area contributed by atoms with Crippen LogP contribution in [0.15, 0.2) is 30.3 Å². The van der Waals surface area contributed by atoms with Crippen LogP contribution in [0.3, 0.4) is 0 Å². The van der Waals surface area contributed by atoms with E-state index in [1.54, 1.807) is 0 Å². The van der Waals surface area contributed by atoms with Crippen LogP contribution in [-0.4, -0.2) is 42.4 Å². The minimum absolute atomic E-state index is 0.0529. The molecule has 1 aliphatic heterocycles. The molecule has 5 nitrogen and oxygen atoms in total. The van der Waals surface area contributed by atoms with Gasteiger partial charge in [-0.15, -0.1) is 0 Å². The smallest absolute Gasteiger partial charge is 0.221 e. The molecule has 0 radical (unpaired) electrons. The zero-order valence-electron chi connectivity index (χ0n) is 12.4. The average Bonchev–Trinajstić information content (AvgIpc) is 2.52. The first kappa shape index (κ1) is 15.9. The fourth-order valence-corrected chi connectivity index (χ4v) is 2.55. The van der Waals surface area contributed by atoms with E-state index < -0.39 is 0 Å². The van der Waals surface area contributed by atoms with E-state index in [0.29, 0.717) is 26.1 Å². The molecule has 5 heteroatoms. The number of hydroxylamine groups is 2. The van der Waals surface area contributed by atoms with E-state index in [1.165, 1.54) is 5.06 Å². The normalized spacial score (nSPS) is 23.5. The Morgan fingerprint density at radius 1 is 1.05 bits per heavy atom. The molecule has 1 aromatic carbocycles. The van der Waals surface area contributed by atoms with Gasteiger partial charge in [0.05, 0.1) is 0 Å². The summed E-state index contributed by atoms with van der Waals surface area (Å²) < 4.78 is 0. The van der Waals surface area contributed by atoms with Gasteiger partial charge in [0.25, 0.3) is 0 Å². The monoisotopic (exact) mass is 291 g/mol. The molecular formula is C16H25N3O2. The third-order valence-electron chi connectivity index (χ3n) is 3.74. The molecule has 0 aliphatic carbocycles. The van der Waals surface area contributed by atoms with E-state index >= 15 is 0 Å². The maximum Gasteiger partial charge on any atom is 0.221 e. The first-order valence-corrected chi connectivity index (χ1v) is 7.74. The lowest BCUT2D eigenvalue weighted by atomic mass is 10.0. The summed E-state index contributed by atoms with van der Waals surface area (Å²) in [5, 5.41) is 17.4. The van der Waals surface area contributed by atoms with Gasteiger partial charge >= 0.3 is 0 Å². The Labute approximate surface area is 126 Å². The summed E-state index contributed by atoms with van der Waals surface area (Å²) >= 11 is 0. The highest BCUT2D eigenvalue weighted by molar-refractivity contribution is 5.76. The highest BCUT2D eigenvalue weighted by Crippen LogP contribution is 2.16. The van der Waals surface area contributed by atoms with Gasteiger partial charge in [-0.05, 0) is 31.4 Å². The molecule has 0 bridgehead atoms. The lowest BCUT2D eigenvalue weighted by Gasteiger charge is -2.19. The van der Waals surface area contributed by atoms with Crippen molar-refractivity contribution < 1.29 is 10.0 Å². The van der Waals surface area contributed by atoms with Crippen molar-refractivity contribution in [2.45, 2.75) is 31.7 Å². The third kappa shape index (κ3) is 5.83. The number of hydrogen-bond donors (Lipinski definition) is 3. The van der Waals surface area contributed by atoms with Gasteiger partial charge in [-0.1, -0.05) is 30.3 Å². The molecule has 1 atom stereocenters. The maximum atomic E-state index is 12.0. The summed E-state index contributed by atoms with van der Waals surface area (Å²) in [6.07, 6.45) is 3.16. The van der Waals surface area contributed by atoms with Crippen molar-refractivity contribution in [2.24, 2.45) is 0 Å². The molecule has 0 spiro atoms. The van der Waals surface area contributed by atoms with Crippen LogP contribution in [-0.2, 0) is 4.79 Å². The van der Waals surface area contributed by atoms with E-state index in [2.05, 4.69) is 22.8 Å². The Bertz CT molecular complexity index is 425. The molecule has 2 rings (SSSR count). The SMILES string of the molecule is O=C1C[C@@H](c2ccccc2)NCCCCN(O)CCCN1. The summed E-state index contributed by atoms with van der Waals surface area (Å²) in [5.41, 5.74) is 1.14. The minimum Gasteiger partial charge on any atom is -0.356 e. The molecule has 1 amide bonds. The van der Waals surface area contributed by atoms with Crippen molar-refractivity contribution in [1.29, 1.82) is 0 Å². The van der Waals surface area contributed by atoms with Crippen LogP contribution >= 0.6 is 0 Å². The predicted octanol–water partition coefficient (Wildman–Crippen LogP) is 1.70. The van der Waals surface area contributed by atoms with Gasteiger partial charge in [-0.3, -0.25) is 4.79 Å². The van der Waals surface area contributed by atoms with Crippen LogP contribution < -0.4 is 10.6 Å². The Kier molecular flexibility index (Phi) is 6.66. The summed E-state index contributed by atoms with van der Waals surface area (Å²) in [6.45, 7) is 2.75. The molecule has 0 saturated carbocycles. The predicted molar refractivity (Wildman–Crippen MR) is 82.0 cm³/mol. The van der Waals surface area contributed by atoms with Crippen LogP contribution in [0.2, 0.25) is 0 Å². The van der Waals surface area contributed by atoms with E-state index in [9.17, 15) is 10.0 Å². The van der Waals surface area contributed by atoms with Gasteiger partial charge in [0.2, 0.25) is 5.91 Å². The van der Waals surface area contributed by atoms with Gasteiger partial charge in [0.15, 0.2) is 0 Å². The lowest BCUT2D eigenvalue weighted by molar-refractivity contribution is -0.122. The van der Waals surface area contributed by atoms with Crippen LogP contribution in [0.5, 0.6) is 0 Å². The molecule has 21 heavy (non-hydrogen) atoms. The standard InChI is InChI=1S/C16H25N3O2/c20-16-13-15(14-7-2-1-3-8-14)17-9-4-5-11-19(21)12-6-10-18-16/h1-3,7-8,15,17,21H,4-6,9-13H2,(H,18,20)/t15-/m0/s1. The summed E-state index contributed by atoms with van der Waals surface area (Å²) in [7, 11) is 0. The largest absolute Gasteiger partial charge is 0.356 e. The van der Waals surface area contributed by atoms with Crippen molar-refractivity contribution >= 4 is 5.91 Å². The molecule has 1 aromatic rings. The second-order valence-electron chi connectivity index (χ2n) is 5.49. The Balaban J connectivity index is 1.97. The number of carbonyl (C=O) groups excluding carboxylic acids is 1. The molecule has 0 unspecified atom stereocenters. The number of nitrogens with one attached hydrogen (secondary N) is 2. The zero-order chi connectivity index (χ0) is 14.9. The van der Waals surface area contributed by atoms with Crippen molar-refractivity contribution in [3.05, 3.63) is 35.9 Å². The number of rotatable bonds is 1. The summed E-state index contributed by atoms with van der Waals surface area (Å²) in [5.74, 6) is 0.0556. The second-order valence-corrected chi connectivity index (χ2v) is 5.49. The molecule has 1 fully saturated rings. The Morgan fingerprint density at radius 3 is 2.62 bits per heavy atom. The lowest BCUT2D eigenvalue weighted by Crippen LogP contribution is -2.32. The van der Waals surface area contributed by atoms with Crippen LogP contribution in [0.4, 0.5) is 0 Å². The zero-order valence-corrected chi connectivity index (χ0v) is 12.4. The Hall–Kier alpha value is -1.43. The number of nitrogens with zero attached hydrogens (tertiary/aromatic N) is 1. The highest BCUT2D eigenvalue weighted by atomic mass is 16.5. The van der Waals surface area contributed by atoms with Crippen molar-refractivity contribution in [3.8, 4) is 0 Å². The number of benzene rings is 1. The van der Waals surface area contributed by atoms with Gasteiger partial charge in [-0.25, -0.2) is 0 Å². The third-order valence-corrected chi connectivity index (χ3v) is 3.74. The average molecular weight is 291 g/mol. The Morgan fingerprint density at radius 2 is 1.81 bits per heavy atom. The van der Waals surface area contributed by atoms with Gasteiger partial charge in [0, 0.05) is 32.1 Å². The molecule has 1 heterocycles. The number of amides is 1. The highest BCUT2D eigenvalue weighted by Gasteiger charge is 2.15. The van der Waals surface area contributed by atoms with E-state index in [-0.39, 0.29) is 11.9 Å². The minimum atomic E-state index is 0.0529. The molecule has 1 saturated heterocycles. The maximum absolute atomic E-state index is 12.0. The van der Waals surface area contributed by atoms with Gasteiger partial charge in [0.1, 0.15) is 0 Å². The van der Waals surface area contributed by atoms with E-state index in [0.717, 1.165) is 31.4 Å². The first-order valence-electron chi connectivity index (χ1n) is 7.74. The fraction of sp³-hybridized carbons (Fsp3) is 0.562.